The minimum Gasteiger partial charge on any atom is -0.328 e. The minimum absolute atomic E-state index is 0.825. The van der Waals surface area contributed by atoms with Crippen molar-refractivity contribution in [1.29, 1.82) is 0 Å². The van der Waals surface area contributed by atoms with Gasteiger partial charge in [0.1, 0.15) is 5.52 Å². The maximum atomic E-state index is 5.39. The van der Waals surface area contributed by atoms with Crippen LogP contribution in [0.15, 0.2) is 0 Å². The standard InChI is InChI=1S/C11H16N4S/c1-3-15-10-9(7(2)13-15)12-11(16)14(10)6-8-4-5-8/h8H,3-6H2,1-2H3,(H,12,16). The zero-order valence-corrected chi connectivity index (χ0v) is 10.5. The van der Waals surface area contributed by atoms with Crippen molar-refractivity contribution in [2.75, 3.05) is 0 Å². The van der Waals surface area contributed by atoms with E-state index < -0.39 is 0 Å². The number of hydrogen-bond acceptors (Lipinski definition) is 2. The number of aromatic nitrogens is 4. The van der Waals surface area contributed by atoms with Crippen LogP contribution in [-0.2, 0) is 13.1 Å². The summed E-state index contributed by atoms with van der Waals surface area (Å²) in [5.74, 6) is 0.825. The van der Waals surface area contributed by atoms with Gasteiger partial charge in [-0.3, -0.25) is 0 Å². The molecule has 0 aliphatic heterocycles. The number of fused-ring (bicyclic) bond motifs is 1. The summed E-state index contributed by atoms with van der Waals surface area (Å²) in [7, 11) is 0. The zero-order chi connectivity index (χ0) is 11.3. The van der Waals surface area contributed by atoms with Crippen LogP contribution in [0.5, 0.6) is 0 Å². The molecule has 1 fully saturated rings. The smallest absolute Gasteiger partial charge is 0.179 e. The van der Waals surface area contributed by atoms with Gasteiger partial charge >= 0.3 is 0 Å². The molecule has 16 heavy (non-hydrogen) atoms. The van der Waals surface area contributed by atoms with Crippen LogP contribution in [0.4, 0.5) is 0 Å². The Kier molecular flexibility index (Phi) is 2.17. The van der Waals surface area contributed by atoms with E-state index in [1.54, 1.807) is 0 Å². The predicted octanol–water partition coefficient (Wildman–Crippen LogP) is 2.63. The maximum Gasteiger partial charge on any atom is 0.179 e. The summed E-state index contributed by atoms with van der Waals surface area (Å²) >= 11 is 5.39. The molecule has 2 heterocycles. The summed E-state index contributed by atoms with van der Waals surface area (Å²) in [6, 6.07) is 0. The molecular weight excluding hydrogens is 220 g/mol. The molecule has 5 heteroatoms. The molecular formula is C11H16N4S. The molecule has 0 saturated heterocycles. The van der Waals surface area contributed by atoms with Gasteiger partial charge in [-0.15, -0.1) is 0 Å². The molecule has 0 unspecified atom stereocenters. The summed E-state index contributed by atoms with van der Waals surface area (Å²) in [6.45, 7) is 6.08. The van der Waals surface area contributed by atoms with E-state index in [1.165, 1.54) is 12.8 Å². The van der Waals surface area contributed by atoms with E-state index in [2.05, 4.69) is 21.6 Å². The number of nitrogens with zero attached hydrogens (tertiary/aromatic N) is 3. The molecule has 1 N–H and O–H groups in total. The molecule has 0 bridgehead atoms. The highest BCUT2D eigenvalue weighted by Gasteiger charge is 2.24. The van der Waals surface area contributed by atoms with Crippen molar-refractivity contribution >= 4 is 23.4 Å². The summed E-state index contributed by atoms with van der Waals surface area (Å²) in [5.41, 5.74) is 3.31. The van der Waals surface area contributed by atoms with Crippen molar-refractivity contribution in [2.45, 2.75) is 39.8 Å². The molecule has 1 aliphatic carbocycles. The highest BCUT2D eigenvalue weighted by atomic mass is 32.1. The predicted molar refractivity (Wildman–Crippen MR) is 66.0 cm³/mol. The van der Waals surface area contributed by atoms with Crippen LogP contribution >= 0.6 is 12.2 Å². The van der Waals surface area contributed by atoms with Crippen molar-refractivity contribution in [3.05, 3.63) is 10.5 Å². The molecule has 3 rings (SSSR count). The maximum absolute atomic E-state index is 5.39. The van der Waals surface area contributed by atoms with Gasteiger partial charge in [-0.05, 0) is 44.8 Å². The number of aryl methyl sites for hydroxylation is 2. The Morgan fingerprint density at radius 3 is 2.88 bits per heavy atom. The fourth-order valence-electron chi connectivity index (χ4n) is 2.21. The first-order valence-corrected chi connectivity index (χ1v) is 6.27. The zero-order valence-electron chi connectivity index (χ0n) is 9.66. The highest BCUT2D eigenvalue weighted by Crippen LogP contribution is 2.32. The lowest BCUT2D eigenvalue weighted by Gasteiger charge is -2.04. The summed E-state index contributed by atoms with van der Waals surface area (Å²) in [4.78, 5) is 3.28. The third kappa shape index (κ3) is 1.42. The van der Waals surface area contributed by atoms with Crippen LogP contribution in [-0.4, -0.2) is 19.3 Å². The van der Waals surface area contributed by atoms with E-state index in [4.69, 9.17) is 12.2 Å². The Bertz CT molecular complexity index is 585. The molecule has 1 saturated carbocycles. The second-order valence-electron chi connectivity index (χ2n) is 4.58. The average molecular weight is 236 g/mol. The number of H-pyrrole nitrogens is 1. The van der Waals surface area contributed by atoms with Gasteiger partial charge in [-0.1, -0.05) is 0 Å². The van der Waals surface area contributed by atoms with Gasteiger partial charge in [0.15, 0.2) is 10.4 Å². The van der Waals surface area contributed by atoms with Crippen LogP contribution in [0.3, 0.4) is 0 Å². The molecule has 86 valence electrons. The molecule has 0 aromatic carbocycles. The largest absolute Gasteiger partial charge is 0.328 e. The van der Waals surface area contributed by atoms with E-state index in [9.17, 15) is 0 Å². The van der Waals surface area contributed by atoms with E-state index in [1.807, 2.05) is 11.6 Å². The Balaban J connectivity index is 2.23. The van der Waals surface area contributed by atoms with Crippen molar-refractivity contribution in [2.24, 2.45) is 5.92 Å². The summed E-state index contributed by atoms with van der Waals surface area (Å²) in [5, 5.41) is 4.52. The Morgan fingerprint density at radius 2 is 2.25 bits per heavy atom. The molecule has 0 amide bonds. The molecule has 2 aromatic rings. The first kappa shape index (κ1) is 10.1. The first-order valence-electron chi connectivity index (χ1n) is 5.86. The molecule has 4 nitrogen and oxygen atoms in total. The van der Waals surface area contributed by atoms with Crippen molar-refractivity contribution < 1.29 is 0 Å². The van der Waals surface area contributed by atoms with Crippen LogP contribution in [0.25, 0.3) is 11.2 Å². The van der Waals surface area contributed by atoms with Gasteiger partial charge in [0.2, 0.25) is 0 Å². The molecule has 0 radical (unpaired) electrons. The number of hydrogen-bond donors (Lipinski definition) is 1. The second kappa shape index (κ2) is 3.45. The number of aromatic amines is 1. The van der Waals surface area contributed by atoms with Crippen LogP contribution in [0.2, 0.25) is 0 Å². The molecule has 0 spiro atoms. The van der Waals surface area contributed by atoms with E-state index in [0.29, 0.717) is 0 Å². The van der Waals surface area contributed by atoms with Crippen LogP contribution in [0.1, 0.15) is 25.5 Å². The number of imidazole rings is 1. The Labute approximate surface area is 99.3 Å². The lowest BCUT2D eigenvalue weighted by atomic mass is 10.4. The first-order chi connectivity index (χ1) is 7.70. The van der Waals surface area contributed by atoms with Gasteiger partial charge in [0, 0.05) is 13.1 Å². The number of nitrogens with one attached hydrogen (secondary N) is 1. The summed E-state index contributed by atoms with van der Waals surface area (Å²) in [6.07, 6.45) is 2.68. The average Bonchev–Trinajstić information content (AvgIpc) is 2.95. The van der Waals surface area contributed by atoms with Gasteiger partial charge in [-0.2, -0.15) is 5.10 Å². The fraction of sp³-hybridized carbons (Fsp3) is 0.636. The Hall–Kier alpha value is -1.10. The van der Waals surface area contributed by atoms with E-state index >= 15 is 0 Å². The summed E-state index contributed by atoms with van der Waals surface area (Å²) < 4.78 is 5.09. The quantitative estimate of drug-likeness (QED) is 0.832. The van der Waals surface area contributed by atoms with Crippen LogP contribution in [0, 0.1) is 17.6 Å². The van der Waals surface area contributed by atoms with E-state index in [0.717, 1.165) is 40.6 Å². The van der Waals surface area contributed by atoms with Gasteiger partial charge in [0.25, 0.3) is 0 Å². The lowest BCUT2D eigenvalue weighted by Crippen LogP contribution is -2.06. The minimum atomic E-state index is 0.825. The monoisotopic (exact) mass is 236 g/mol. The highest BCUT2D eigenvalue weighted by molar-refractivity contribution is 7.71. The second-order valence-corrected chi connectivity index (χ2v) is 4.97. The van der Waals surface area contributed by atoms with Crippen molar-refractivity contribution in [3.63, 3.8) is 0 Å². The van der Waals surface area contributed by atoms with Gasteiger partial charge in [-0.25, -0.2) is 4.68 Å². The third-order valence-corrected chi connectivity index (χ3v) is 3.59. The third-order valence-electron chi connectivity index (χ3n) is 3.27. The normalized spacial score (nSPS) is 16.1. The Morgan fingerprint density at radius 1 is 1.50 bits per heavy atom. The molecule has 2 aromatic heterocycles. The van der Waals surface area contributed by atoms with Crippen LogP contribution < -0.4 is 0 Å². The SMILES string of the molecule is CCn1nc(C)c2[nH]c(=S)n(CC3CC3)c21. The van der Waals surface area contributed by atoms with Crippen molar-refractivity contribution in [1.82, 2.24) is 19.3 Å². The number of rotatable bonds is 3. The molecule has 0 atom stereocenters. The van der Waals surface area contributed by atoms with Gasteiger partial charge < -0.3 is 9.55 Å². The van der Waals surface area contributed by atoms with Gasteiger partial charge in [0.05, 0.1) is 5.69 Å². The lowest BCUT2D eigenvalue weighted by molar-refractivity contribution is 0.592. The topological polar surface area (TPSA) is 38.5 Å². The van der Waals surface area contributed by atoms with E-state index in [-0.39, 0.29) is 0 Å². The fourth-order valence-corrected chi connectivity index (χ4v) is 2.47. The van der Waals surface area contributed by atoms with Crippen molar-refractivity contribution in [3.8, 4) is 0 Å². The molecule has 1 aliphatic rings.